The van der Waals surface area contributed by atoms with Gasteiger partial charge in [0.05, 0.1) is 4.75 Å². The summed E-state index contributed by atoms with van der Waals surface area (Å²) in [6.45, 7) is 2.44. The second kappa shape index (κ2) is 7.71. The molecule has 3 rings (SSSR count). The Morgan fingerprint density at radius 1 is 1.27 bits per heavy atom. The fourth-order valence-corrected chi connectivity index (χ4v) is 4.97. The minimum atomic E-state index is -0.231. The summed E-state index contributed by atoms with van der Waals surface area (Å²) in [7, 11) is 0. The SMILES string of the molecule is Cl.NCC1CCN(C(=O)C2(Sc3ccccc3)CCCC2)C1. The molecule has 1 heterocycles. The van der Waals surface area contributed by atoms with Crippen molar-refractivity contribution >= 4 is 30.1 Å². The molecule has 2 aliphatic rings. The summed E-state index contributed by atoms with van der Waals surface area (Å²) in [6.07, 6.45) is 5.41. The number of benzene rings is 1. The van der Waals surface area contributed by atoms with Crippen molar-refractivity contribution in [2.75, 3.05) is 19.6 Å². The molecule has 122 valence electrons. The van der Waals surface area contributed by atoms with E-state index in [-0.39, 0.29) is 17.2 Å². The van der Waals surface area contributed by atoms with Crippen LogP contribution in [0.4, 0.5) is 0 Å². The van der Waals surface area contributed by atoms with E-state index in [1.54, 1.807) is 11.8 Å². The Bertz CT molecular complexity index is 491. The second-order valence-electron chi connectivity index (χ2n) is 6.26. The van der Waals surface area contributed by atoms with Crippen LogP contribution in [0.3, 0.4) is 0 Å². The molecule has 1 amide bonds. The van der Waals surface area contributed by atoms with Gasteiger partial charge in [-0.1, -0.05) is 31.0 Å². The molecule has 3 nitrogen and oxygen atoms in total. The normalized spacial score (nSPS) is 23.3. The molecule has 1 unspecified atom stereocenters. The average Bonchev–Trinajstić information content (AvgIpc) is 3.17. The van der Waals surface area contributed by atoms with E-state index in [0.717, 1.165) is 32.4 Å². The maximum atomic E-state index is 13.1. The summed E-state index contributed by atoms with van der Waals surface area (Å²) >= 11 is 1.78. The van der Waals surface area contributed by atoms with E-state index in [1.807, 2.05) is 6.07 Å². The third kappa shape index (κ3) is 3.61. The van der Waals surface area contributed by atoms with Gasteiger partial charge in [-0.05, 0) is 43.9 Å². The van der Waals surface area contributed by atoms with Crippen LogP contribution in [0.15, 0.2) is 35.2 Å². The number of likely N-dealkylation sites (tertiary alicyclic amines) is 1. The van der Waals surface area contributed by atoms with E-state index in [0.29, 0.717) is 18.4 Å². The van der Waals surface area contributed by atoms with Gasteiger partial charge in [0.2, 0.25) is 5.91 Å². The lowest BCUT2D eigenvalue weighted by atomic mass is 10.1. The van der Waals surface area contributed by atoms with Crippen molar-refractivity contribution in [1.82, 2.24) is 4.90 Å². The van der Waals surface area contributed by atoms with Gasteiger partial charge >= 0.3 is 0 Å². The Balaban J connectivity index is 0.00000176. The Kier molecular flexibility index (Phi) is 6.18. The van der Waals surface area contributed by atoms with Crippen LogP contribution in [-0.2, 0) is 4.79 Å². The Morgan fingerprint density at radius 3 is 2.55 bits per heavy atom. The molecule has 2 N–H and O–H groups in total. The van der Waals surface area contributed by atoms with Gasteiger partial charge in [-0.25, -0.2) is 0 Å². The Labute approximate surface area is 143 Å². The van der Waals surface area contributed by atoms with Crippen LogP contribution in [0.1, 0.15) is 32.1 Å². The van der Waals surface area contributed by atoms with E-state index < -0.39 is 0 Å². The van der Waals surface area contributed by atoms with Gasteiger partial charge in [0.25, 0.3) is 0 Å². The van der Waals surface area contributed by atoms with Gasteiger partial charge in [-0.2, -0.15) is 0 Å². The number of amides is 1. The van der Waals surface area contributed by atoms with Crippen LogP contribution >= 0.6 is 24.2 Å². The molecular formula is C17H25ClN2OS. The highest BCUT2D eigenvalue weighted by atomic mass is 35.5. The second-order valence-corrected chi connectivity index (χ2v) is 7.72. The lowest BCUT2D eigenvalue weighted by molar-refractivity contribution is -0.132. The van der Waals surface area contributed by atoms with E-state index >= 15 is 0 Å². The Morgan fingerprint density at radius 2 is 1.95 bits per heavy atom. The largest absolute Gasteiger partial charge is 0.341 e. The molecule has 1 saturated heterocycles. The van der Waals surface area contributed by atoms with Gasteiger partial charge in [-0.3, -0.25) is 4.79 Å². The smallest absolute Gasteiger partial charge is 0.239 e. The van der Waals surface area contributed by atoms with Crippen LogP contribution in [-0.4, -0.2) is 35.2 Å². The van der Waals surface area contributed by atoms with Crippen LogP contribution in [0.2, 0.25) is 0 Å². The summed E-state index contributed by atoms with van der Waals surface area (Å²) in [5, 5.41) is 0. The van der Waals surface area contributed by atoms with Crippen molar-refractivity contribution in [3.05, 3.63) is 30.3 Å². The zero-order valence-electron chi connectivity index (χ0n) is 12.9. The molecule has 1 atom stereocenters. The number of rotatable bonds is 4. The molecule has 22 heavy (non-hydrogen) atoms. The van der Waals surface area contributed by atoms with Crippen molar-refractivity contribution < 1.29 is 4.79 Å². The molecule has 0 bridgehead atoms. The predicted molar refractivity (Wildman–Crippen MR) is 94.5 cm³/mol. The van der Waals surface area contributed by atoms with Crippen LogP contribution in [0.25, 0.3) is 0 Å². The number of nitrogens with zero attached hydrogens (tertiary/aromatic N) is 1. The van der Waals surface area contributed by atoms with Gasteiger partial charge in [0, 0.05) is 18.0 Å². The predicted octanol–water partition coefficient (Wildman–Crippen LogP) is 3.32. The molecule has 1 aromatic rings. The van der Waals surface area contributed by atoms with Crippen molar-refractivity contribution in [2.45, 2.75) is 41.7 Å². The van der Waals surface area contributed by atoms with E-state index in [4.69, 9.17) is 5.73 Å². The molecule has 1 saturated carbocycles. The first kappa shape index (κ1) is 17.6. The quantitative estimate of drug-likeness (QED) is 0.914. The lowest BCUT2D eigenvalue weighted by Gasteiger charge is -2.32. The van der Waals surface area contributed by atoms with Crippen molar-refractivity contribution in [2.24, 2.45) is 11.7 Å². The third-order valence-electron chi connectivity index (χ3n) is 4.76. The molecule has 0 radical (unpaired) electrons. The number of hydrogen-bond acceptors (Lipinski definition) is 3. The summed E-state index contributed by atoms with van der Waals surface area (Å²) < 4.78 is -0.231. The van der Waals surface area contributed by atoms with E-state index in [2.05, 4.69) is 29.2 Å². The van der Waals surface area contributed by atoms with Crippen LogP contribution < -0.4 is 5.73 Å². The number of thioether (sulfide) groups is 1. The molecule has 1 aromatic carbocycles. The fourth-order valence-electron chi connectivity index (χ4n) is 3.52. The van der Waals surface area contributed by atoms with Crippen LogP contribution in [0, 0.1) is 5.92 Å². The summed E-state index contributed by atoms with van der Waals surface area (Å²) in [5.74, 6) is 0.846. The van der Waals surface area contributed by atoms with Crippen LogP contribution in [0.5, 0.6) is 0 Å². The molecule has 1 aliphatic carbocycles. The number of nitrogens with two attached hydrogens (primary N) is 1. The highest BCUT2D eigenvalue weighted by molar-refractivity contribution is 8.01. The fraction of sp³-hybridized carbons (Fsp3) is 0.588. The molecule has 5 heteroatoms. The first-order valence-electron chi connectivity index (χ1n) is 7.97. The van der Waals surface area contributed by atoms with Crippen molar-refractivity contribution in [3.8, 4) is 0 Å². The zero-order valence-corrected chi connectivity index (χ0v) is 14.5. The molecule has 1 aliphatic heterocycles. The van der Waals surface area contributed by atoms with Gasteiger partial charge in [0.15, 0.2) is 0 Å². The molecule has 0 spiro atoms. The number of hydrogen-bond donors (Lipinski definition) is 1. The number of carbonyl (C=O) groups excluding carboxylic acids is 1. The average molecular weight is 341 g/mol. The summed E-state index contributed by atoms with van der Waals surface area (Å²) in [4.78, 5) is 16.4. The standard InChI is InChI=1S/C17H24N2OS.ClH/c18-12-14-8-11-19(13-14)16(20)17(9-4-5-10-17)21-15-6-2-1-3-7-15;/h1-3,6-7,14H,4-5,8-13,18H2;1H. The topological polar surface area (TPSA) is 46.3 Å². The van der Waals surface area contributed by atoms with Gasteiger partial charge in [0.1, 0.15) is 0 Å². The van der Waals surface area contributed by atoms with E-state index in [1.165, 1.54) is 17.7 Å². The highest BCUT2D eigenvalue weighted by Gasteiger charge is 2.45. The minimum Gasteiger partial charge on any atom is -0.341 e. The van der Waals surface area contributed by atoms with E-state index in [9.17, 15) is 4.79 Å². The first-order valence-corrected chi connectivity index (χ1v) is 8.79. The molecule has 2 fully saturated rings. The Hall–Kier alpha value is -0.710. The monoisotopic (exact) mass is 340 g/mol. The third-order valence-corrected chi connectivity index (χ3v) is 6.25. The first-order chi connectivity index (χ1) is 10.2. The van der Waals surface area contributed by atoms with Gasteiger partial charge < -0.3 is 10.6 Å². The molecular weight excluding hydrogens is 316 g/mol. The minimum absolute atomic E-state index is 0. The number of carbonyl (C=O) groups is 1. The van der Waals surface area contributed by atoms with Crippen molar-refractivity contribution in [1.29, 1.82) is 0 Å². The highest BCUT2D eigenvalue weighted by Crippen LogP contribution is 2.47. The maximum Gasteiger partial charge on any atom is 0.239 e. The maximum absolute atomic E-state index is 13.1. The summed E-state index contributed by atoms with van der Waals surface area (Å²) in [5.41, 5.74) is 5.76. The number of halogens is 1. The van der Waals surface area contributed by atoms with Gasteiger partial charge in [-0.15, -0.1) is 24.2 Å². The molecule has 0 aromatic heterocycles. The zero-order chi connectivity index (χ0) is 14.7. The lowest BCUT2D eigenvalue weighted by Crippen LogP contribution is -2.44. The van der Waals surface area contributed by atoms with Crippen molar-refractivity contribution in [3.63, 3.8) is 0 Å². The summed E-state index contributed by atoms with van der Waals surface area (Å²) in [6, 6.07) is 10.4.